The summed E-state index contributed by atoms with van der Waals surface area (Å²) >= 11 is 0. The van der Waals surface area contributed by atoms with Crippen LogP contribution in [0.2, 0.25) is 0 Å². The Morgan fingerprint density at radius 1 is 1.28 bits per heavy atom. The summed E-state index contributed by atoms with van der Waals surface area (Å²) in [6.45, 7) is 0. The molecule has 18 heavy (non-hydrogen) atoms. The molecule has 0 aromatic heterocycles. The Bertz CT molecular complexity index is 432. The molecule has 0 fully saturated rings. The number of methoxy groups -OCH3 is 1. The van der Waals surface area contributed by atoms with Crippen LogP contribution in [0.1, 0.15) is 22.0 Å². The Morgan fingerprint density at radius 2 is 1.83 bits per heavy atom. The van der Waals surface area contributed by atoms with E-state index in [2.05, 4.69) is 4.74 Å². The summed E-state index contributed by atoms with van der Waals surface area (Å²) in [7, 11) is 1.10. The summed E-state index contributed by atoms with van der Waals surface area (Å²) in [6.07, 6.45) is -3.10. The van der Waals surface area contributed by atoms with Crippen molar-refractivity contribution in [2.75, 3.05) is 7.11 Å². The van der Waals surface area contributed by atoms with Gasteiger partial charge in [0, 0.05) is 5.56 Å². The number of rotatable bonds is 4. The van der Waals surface area contributed by atoms with Gasteiger partial charge >= 0.3 is 5.97 Å². The highest BCUT2D eigenvalue weighted by Crippen LogP contribution is 2.18. The van der Waals surface area contributed by atoms with E-state index < -0.39 is 24.1 Å². The molecule has 1 amide bonds. The van der Waals surface area contributed by atoms with Crippen LogP contribution in [0.25, 0.3) is 0 Å². The van der Waals surface area contributed by atoms with Crippen LogP contribution >= 0.6 is 0 Å². The SMILES string of the molecule is COC(=O)C(O)C(O)c1ccc(C(=O)NN)cc1. The molecule has 0 aliphatic heterocycles. The Balaban J connectivity index is 2.85. The smallest absolute Gasteiger partial charge is 0.337 e. The van der Waals surface area contributed by atoms with Gasteiger partial charge in [0.15, 0.2) is 6.10 Å². The quantitative estimate of drug-likeness (QED) is 0.233. The summed E-state index contributed by atoms with van der Waals surface area (Å²) in [4.78, 5) is 22.2. The van der Waals surface area contributed by atoms with Gasteiger partial charge in [-0.15, -0.1) is 0 Å². The predicted octanol–water partition coefficient (Wildman–Crippen LogP) is -1.14. The second-order valence-electron chi connectivity index (χ2n) is 3.51. The van der Waals surface area contributed by atoms with E-state index in [0.29, 0.717) is 5.56 Å². The molecule has 0 saturated carbocycles. The molecule has 0 aliphatic carbocycles. The molecule has 0 radical (unpaired) electrons. The van der Waals surface area contributed by atoms with E-state index in [1.165, 1.54) is 24.3 Å². The molecule has 0 spiro atoms. The molecule has 2 unspecified atom stereocenters. The lowest BCUT2D eigenvalue weighted by Gasteiger charge is -2.16. The maximum atomic E-state index is 11.2. The number of benzene rings is 1. The molecule has 0 heterocycles. The molecule has 7 nitrogen and oxygen atoms in total. The number of nitrogens with one attached hydrogen (secondary N) is 1. The fourth-order valence-electron chi connectivity index (χ4n) is 1.35. The van der Waals surface area contributed by atoms with Crippen molar-refractivity contribution in [3.8, 4) is 0 Å². The molecule has 1 rings (SSSR count). The van der Waals surface area contributed by atoms with Crippen molar-refractivity contribution < 1.29 is 24.5 Å². The van der Waals surface area contributed by atoms with E-state index >= 15 is 0 Å². The largest absolute Gasteiger partial charge is 0.467 e. The van der Waals surface area contributed by atoms with Crippen molar-refractivity contribution in [3.63, 3.8) is 0 Å². The van der Waals surface area contributed by atoms with Crippen LogP contribution in [0, 0.1) is 0 Å². The monoisotopic (exact) mass is 254 g/mol. The number of nitrogens with two attached hydrogens (primary N) is 1. The van der Waals surface area contributed by atoms with Crippen LogP contribution < -0.4 is 11.3 Å². The number of carbonyl (C=O) groups excluding carboxylic acids is 2. The lowest BCUT2D eigenvalue weighted by atomic mass is 10.0. The number of carbonyl (C=O) groups is 2. The highest BCUT2D eigenvalue weighted by atomic mass is 16.5. The van der Waals surface area contributed by atoms with Gasteiger partial charge in [-0.2, -0.15) is 0 Å². The third-order valence-electron chi connectivity index (χ3n) is 2.39. The van der Waals surface area contributed by atoms with Gasteiger partial charge in [-0.3, -0.25) is 10.2 Å². The number of amides is 1. The summed E-state index contributed by atoms with van der Waals surface area (Å²) in [5, 5.41) is 19.1. The van der Waals surface area contributed by atoms with Crippen molar-refractivity contribution in [1.82, 2.24) is 5.43 Å². The van der Waals surface area contributed by atoms with E-state index in [4.69, 9.17) is 5.84 Å². The third kappa shape index (κ3) is 3.04. The van der Waals surface area contributed by atoms with Crippen molar-refractivity contribution in [3.05, 3.63) is 35.4 Å². The van der Waals surface area contributed by atoms with Crippen molar-refractivity contribution in [1.29, 1.82) is 0 Å². The van der Waals surface area contributed by atoms with Gasteiger partial charge in [-0.1, -0.05) is 12.1 Å². The average Bonchev–Trinajstić information content (AvgIpc) is 2.44. The number of nitrogen functional groups attached to an aromatic ring is 1. The van der Waals surface area contributed by atoms with Crippen LogP contribution in [0.15, 0.2) is 24.3 Å². The van der Waals surface area contributed by atoms with Gasteiger partial charge in [0.1, 0.15) is 6.10 Å². The first-order valence-corrected chi connectivity index (χ1v) is 5.06. The molecule has 0 bridgehead atoms. The van der Waals surface area contributed by atoms with Gasteiger partial charge in [0.25, 0.3) is 5.91 Å². The van der Waals surface area contributed by atoms with Crippen molar-refractivity contribution >= 4 is 11.9 Å². The van der Waals surface area contributed by atoms with Crippen LogP contribution in [0.5, 0.6) is 0 Å². The number of hydrogen-bond donors (Lipinski definition) is 4. The van der Waals surface area contributed by atoms with Crippen LogP contribution in [-0.4, -0.2) is 35.3 Å². The topological polar surface area (TPSA) is 122 Å². The first-order valence-electron chi connectivity index (χ1n) is 5.06. The van der Waals surface area contributed by atoms with Gasteiger partial charge < -0.3 is 14.9 Å². The summed E-state index contributed by atoms with van der Waals surface area (Å²) in [5.74, 6) is 3.54. The number of aliphatic hydroxyl groups is 2. The van der Waals surface area contributed by atoms with E-state index in [1.807, 2.05) is 5.43 Å². The van der Waals surface area contributed by atoms with Crippen LogP contribution in [-0.2, 0) is 9.53 Å². The third-order valence-corrected chi connectivity index (χ3v) is 2.39. The molecular formula is C11H14N2O5. The molecule has 1 aromatic rings. The minimum absolute atomic E-state index is 0.279. The maximum absolute atomic E-state index is 11.2. The molecular weight excluding hydrogens is 240 g/mol. The van der Waals surface area contributed by atoms with E-state index in [-0.39, 0.29) is 5.56 Å². The lowest BCUT2D eigenvalue weighted by molar-refractivity contribution is -0.156. The van der Waals surface area contributed by atoms with Gasteiger partial charge in [0.2, 0.25) is 0 Å². The number of esters is 1. The molecule has 0 aliphatic rings. The maximum Gasteiger partial charge on any atom is 0.337 e. The Morgan fingerprint density at radius 3 is 2.28 bits per heavy atom. The Labute approximate surface area is 103 Å². The second kappa shape index (κ2) is 6.10. The predicted molar refractivity (Wildman–Crippen MR) is 61.1 cm³/mol. The fourth-order valence-corrected chi connectivity index (χ4v) is 1.35. The second-order valence-corrected chi connectivity index (χ2v) is 3.51. The lowest BCUT2D eigenvalue weighted by Crippen LogP contribution is -2.30. The average molecular weight is 254 g/mol. The van der Waals surface area contributed by atoms with E-state index in [1.54, 1.807) is 0 Å². The normalized spacial score (nSPS) is 13.6. The van der Waals surface area contributed by atoms with E-state index in [0.717, 1.165) is 7.11 Å². The number of hydrazine groups is 1. The summed E-state index contributed by atoms with van der Waals surface area (Å²) in [6, 6.07) is 5.62. The van der Waals surface area contributed by atoms with Crippen LogP contribution in [0.4, 0.5) is 0 Å². The van der Waals surface area contributed by atoms with Crippen LogP contribution in [0.3, 0.4) is 0 Å². The Kier molecular flexibility index (Phi) is 4.78. The van der Waals surface area contributed by atoms with Crippen molar-refractivity contribution in [2.24, 2.45) is 5.84 Å². The molecule has 0 saturated heterocycles. The standard InChI is InChI=1S/C11H14N2O5/c1-18-11(17)9(15)8(14)6-2-4-7(5-3-6)10(16)13-12/h2-5,8-9,14-15H,12H2,1H3,(H,13,16). The summed E-state index contributed by atoms with van der Waals surface area (Å²) in [5.41, 5.74) is 2.53. The fraction of sp³-hybridized carbons (Fsp3) is 0.273. The minimum atomic E-state index is -1.68. The first kappa shape index (κ1) is 14.1. The summed E-state index contributed by atoms with van der Waals surface area (Å²) < 4.78 is 4.30. The molecule has 98 valence electrons. The zero-order chi connectivity index (χ0) is 13.7. The number of aliphatic hydroxyl groups excluding tert-OH is 2. The Hall–Kier alpha value is -1.96. The number of hydrogen-bond acceptors (Lipinski definition) is 6. The molecule has 1 aromatic carbocycles. The van der Waals surface area contributed by atoms with E-state index in [9.17, 15) is 19.8 Å². The highest BCUT2D eigenvalue weighted by Gasteiger charge is 2.26. The van der Waals surface area contributed by atoms with Gasteiger partial charge in [-0.25, -0.2) is 10.6 Å². The zero-order valence-electron chi connectivity index (χ0n) is 9.66. The molecule has 2 atom stereocenters. The highest BCUT2D eigenvalue weighted by molar-refractivity contribution is 5.93. The van der Waals surface area contributed by atoms with Gasteiger partial charge in [0.05, 0.1) is 7.11 Å². The van der Waals surface area contributed by atoms with Gasteiger partial charge in [-0.05, 0) is 17.7 Å². The molecule has 5 N–H and O–H groups in total. The van der Waals surface area contributed by atoms with Crippen molar-refractivity contribution in [2.45, 2.75) is 12.2 Å². The minimum Gasteiger partial charge on any atom is -0.467 e. The first-order chi connectivity index (χ1) is 8.51. The zero-order valence-corrected chi connectivity index (χ0v) is 9.66. The number of ether oxygens (including phenoxy) is 1. The molecule has 7 heteroatoms.